The quantitative estimate of drug-likeness (QED) is 0.627. The third-order valence-electron chi connectivity index (χ3n) is 6.57. The Kier molecular flexibility index (Phi) is 5.49. The second kappa shape index (κ2) is 8.49. The minimum atomic E-state index is -1.09. The first-order valence-corrected chi connectivity index (χ1v) is 11.1. The Morgan fingerprint density at radius 2 is 1.79 bits per heavy atom. The van der Waals surface area contributed by atoms with Gasteiger partial charge in [0.15, 0.2) is 0 Å². The zero-order chi connectivity index (χ0) is 24.0. The Hall–Kier alpha value is -3.85. The summed E-state index contributed by atoms with van der Waals surface area (Å²) in [5, 5.41) is 14.8. The van der Waals surface area contributed by atoms with Gasteiger partial charge in [-0.05, 0) is 42.3 Å². The number of carbonyl (C=O) groups is 2. The SMILES string of the molecule is COc1ccc(C2[C@H](C)N(C(C)=O)c3ccc(-c4cnn(C5COC5)c4)cc3N2C(=O)O)cc1. The summed E-state index contributed by atoms with van der Waals surface area (Å²) in [7, 11) is 1.58. The molecule has 5 rings (SSSR count). The topological polar surface area (TPSA) is 97.1 Å². The van der Waals surface area contributed by atoms with Gasteiger partial charge < -0.3 is 19.5 Å². The molecule has 1 N–H and O–H groups in total. The van der Waals surface area contributed by atoms with Gasteiger partial charge in [-0.1, -0.05) is 18.2 Å². The van der Waals surface area contributed by atoms with Gasteiger partial charge >= 0.3 is 6.09 Å². The largest absolute Gasteiger partial charge is 0.497 e. The van der Waals surface area contributed by atoms with Gasteiger partial charge in [0.05, 0.1) is 56.0 Å². The Balaban J connectivity index is 1.62. The molecule has 0 spiro atoms. The van der Waals surface area contributed by atoms with Crippen molar-refractivity contribution in [2.75, 3.05) is 30.1 Å². The van der Waals surface area contributed by atoms with Crippen molar-refractivity contribution in [3.8, 4) is 16.9 Å². The fourth-order valence-corrected chi connectivity index (χ4v) is 4.80. The monoisotopic (exact) mass is 462 g/mol. The molecule has 2 aliphatic rings. The Morgan fingerprint density at radius 1 is 1.06 bits per heavy atom. The normalized spacial score (nSPS) is 20.0. The second-order valence-corrected chi connectivity index (χ2v) is 8.60. The van der Waals surface area contributed by atoms with Crippen LogP contribution in [0, 0.1) is 0 Å². The average molecular weight is 463 g/mol. The average Bonchev–Trinajstić information content (AvgIpc) is 3.25. The molecular weight excluding hydrogens is 436 g/mol. The number of ether oxygens (including phenoxy) is 2. The number of methoxy groups -OCH3 is 1. The number of rotatable bonds is 4. The molecular formula is C25H26N4O5. The van der Waals surface area contributed by atoms with Crippen molar-refractivity contribution in [3.63, 3.8) is 0 Å². The highest BCUT2D eigenvalue weighted by Crippen LogP contribution is 2.46. The van der Waals surface area contributed by atoms with E-state index in [1.807, 2.05) is 48.1 Å². The van der Waals surface area contributed by atoms with Crippen molar-refractivity contribution < 1.29 is 24.2 Å². The van der Waals surface area contributed by atoms with E-state index in [0.29, 0.717) is 30.3 Å². The summed E-state index contributed by atoms with van der Waals surface area (Å²) < 4.78 is 12.4. The number of hydrogen-bond donors (Lipinski definition) is 1. The lowest BCUT2D eigenvalue weighted by atomic mass is 9.92. The van der Waals surface area contributed by atoms with Crippen LogP contribution in [-0.4, -0.2) is 53.3 Å². The number of carbonyl (C=O) groups excluding carboxylic acids is 1. The zero-order valence-corrected chi connectivity index (χ0v) is 19.2. The third kappa shape index (κ3) is 3.58. The first-order chi connectivity index (χ1) is 16.4. The molecule has 2 atom stereocenters. The van der Waals surface area contributed by atoms with Crippen molar-refractivity contribution in [2.45, 2.75) is 32.0 Å². The lowest BCUT2D eigenvalue weighted by Crippen LogP contribution is -2.53. The molecule has 3 heterocycles. The first-order valence-electron chi connectivity index (χ1n) is 11.1. The van der Waals surface area contributed by atoms with E-state index in [0.717, 1.165) is 16.7 Å². The maximum absolute atomic E-state index is 12.7. The summed E-state index contributed by atoms with van der Waals surface area (Å²) in [6.45, 7) is 4.63. The number of nitrogens with zero attached hydrogens (tertiary/aromatic N) is 4. The summed E-state index contributed by atoms with van der Waals surface area (Å²) in [6.07, 6.45) is 2.62. The number of benzene rings is 2. The lowest BCUT2D eigenvalue weighted by Gasteiger charge is -2.46. The molecule has 1 fully saturated rings. The number of aromatic nitrogens is 2. The summed E-state index contributed by atoms with van der Waals surface area (Å²) in [5.74, 6) is 0.525. The van der Waals surface area contributed by atoms with Gasteiger partial charge in [0.1, 0.15) is 5.75 Å². The lowest BCUT2D eigenvalue weighted by molar-refractivity contribution is -0.117. The standard InChI is InChI=1S/C25H26N4O5/c1-15-24(17-4-7-21(33-3)8-5-17)29(25(31)32)23-10-18(6-9-22(23)28(15)16(2)30)19-11-26-27(12-19)20-13-34-14-20/h4-12,15,20,24H,13-14H2,1-3H3,(H,31,32)/t15-,24?/m0/s1. The smallest absolute Gasteiger partial charge is 0.412 e. The third-order valence-corrected chi connectivity index (χ3v) is 6.57. The van der Waals surface area contributed by atoms with Crippen LogP contribution in [0.4, 0.5) is 16.2 Å². The van der Waals surface area contributed by atoms with Gasteiger partial charge in [-0.15, -0.1) is 0 Å². The molecule has 3 aromatic rings. The summed E-state index contributed by atoms with van der Waals surface area (Å²) in [6, 6.07) is 12.0. The molecule has 9 nitrogen and oxygen atoms in total. The minimum absolute atomic E-state index is 0.150. The van der Waals surface area contributed by atoms with Gasteiger partial charge in [-0.2, -0.15) is 5.10 Å². The molecule has 1 unspecified atom stereocenters. The minimum Gasteiger partial charge on any atom is -0.497 e. The number of carboxylic acid groups (broad SMARTS) is 1. The van der Waals surface area contributed by atoms with Crippen LogP contribution in [0.3, 0.4) is 0 Å². The number of anilines is 2. The maximum Gasteiger partial charge on any atom is 0.412 e. The van der Waals surface area contributed by atoms with Crippen LogP contribution in [-0.2, 0) is 9.53 Å². The molecule has 2 aliphatic heterocycles. The molecule has 176 valence electrons. The second-order valence-electron chi connectivity index (χ2n) is 8.60. The molecule has 0 radical (unpaired) electrons. The highest BCUT2D eigenvalue weighted by Gasteiger charge is 2.42. The number of amides is 2. The van der Waals surface area contributed by atoms with Crippen molar-refractivity contribution in [1.29, 1.82) is 0 Å². The highest BCUT2D eigenvalue weighted by atomic mass is 16.5. The summed E-state index contributed by atoms with van der Waals surface area (Å²) in [4.78, 5) is 28.3. The van der Waals surface area contributed by atoms with Crippen LogP contribution in [0.15, 0.2) is 54.9 Å². The van der Waals surface area contributed by atoms with Gasteiger partial charge in [0, 0.05) is 18.7 Å². The Morgan fingerprint density at radius 3 is 2.38 bits per heavy atom. The maximum atomic E-state index is 12.7. The van der Waals surface area contributed by atoms with E-state index in [1.54, 1.807) is 30.3 Å². The molecule has 1 saturated heterocycles. The van der Waals surface area contributed by atoms with Crippen molar-refractivity contribution >= 4 is 23.4 Å². The van der Waals surface area contributed by atoms with Crippen molar-refractivity contribution in [1.82, 2.24) is 9.78 Å². The van der Waals surface area contributed by atoms with E-state index in [-0.39, 0.29) is 11.9 Å². The predicted molar refractivity (Wildman–Crippen MR) is 126 cm³/mol. The molecule has 9 heteroatoms. The van der Waals surface area contributed by atoms with Gasteiger partial charge in [-0.3, -0.25) is 14.4 Å². The van der Waals surface area contributed by atoms with Crippen molar-refractivity contribution in [2.24, 2.45) is 0 Å². The Labute approximate surface area is 197 Å². The summed E-state index contributed by atoms with van der Waals surface area (Å²) in [5.41, 5.74) is 3.49. The number of hydrogen-bond acceptors (Lipinski definition) is 5. The molecule has 0 aliphatic carbocycles. The van der Waals surface area contributed by atoms with E-state index in [9.17, 15) is 14.7 Å². The van der Waals surface area contributed by atoms with Crippen LogP contribution < -0.4 is 14.5 Å². The fraction of sp³-hybridized carbons (Fsp3) is 0.320. The molecule has 34 heavy (non-hydrogen) atoms. The van der Waals surface area contributed by atoms with Crippen LogP contribution in [0.5, 0.6) is 5.75 Å². The van der Waals surface area contributed by atoms with Gasteiger partial charge in [0.2, 0.25) is 5.91 Å². The molecule has 0 saturated carbocycles. The summed E-state index contributed by atoms with van der Waals surface area (Å²) >= 11 is 0. The molecule has 0 bridgehead atoms. The highest BCUT2D eigenvalue weighted by molar-refractivity contribution is 6.03. The van der Waals surface area contributed by atoms with E-state index < -0.39 is 18.2 Å². The molecule has 1 aromatic heterocycles. The van der Waals surface area contributed by atoms with Crippen LogP contribution in [0.2, 0.25) is 0 Å². The van der Waals surface area contributed by atoms with E-state index in [2.05, 4.69) is 5.10 Å². The van der Waals surface area contributed by atoms with Gasteiger partial charge in [0.25, 0.3) is 0 Å². The zero-order valence-electron chi connectivity index (χ0n) is 19.2. The molecule has 2 amide bonds. The first kappa shape index (κ1) is 22.0. The fourth-order valence-electron chi connectivity index (χ4n) is 4.80. The predicted octanol–water partition coefficient (Wildman–Crippen LogP) is 4.11. The Bertz CT molecular complexity index is 1230. The van der Waals surface area contributed by atoms with Crippen LogP contribution >= 0.6 is 0 Å². The molecule has 2 aromatic carbocycles. The van der Waals surface area contributed by atoms with Crippen molar-refractivity contribution in [3.05, 3.63) is 60.4 Å². The van der Waals surface area contributed by atoms with Crippen LogP contribution in [0.25, 0.3) is 11.1 Å². The van der Waals surface area contributed by atoms with Crippen LogP contribution in [0.1, 0.15) is 31.5 Å². The van der Waals surface area contributed by atoms with Gasteiger partial charge in [-0.25, -0.2) is 4.79 Å². The van der Waals surface area contributed by atoms with E-state index in [1.165, 1.54) is 11.8 Å². The van der Waals surface area contributed by atoms with E-state index in [4.69, 9.17) is 9.47 Å². The van der Waals surface area contributed by atoms with E-state index >= 15 is 0 Å². The number of fused-ring (bicyclic) bond motifs is 1.